The van der Waals surface area contributed by atoms with Crippen LogP contribution in [-0.4, -0.2) is 23.1 Å². The third-order valence-electron chi connectivity index (χ3n) is 3.78. The molecule has 5 nitrogen and oxygen atoms in total. The van der Waals surface area contributed by atoms with Gasteiger partial charge in [0, 0.05) is 12.3 Å². The van der Waals surface area contributed by atoms with Crippen LogP contribution in [0.2, 0.25) is 0 Å². The molecular formula is C14H16N2O3S. The fraction of sp³-hybridized carbons (Fsp3) is 0.429. The van der Waals surface area contributed by atoms with E-state index in [0.29, 0.717) is 11.3 Å². The van der Waals surface area contributed by atoms with Gasteiger partial charge in [-0.25, -0.2) is 13.4 Å². The molecule has 0 saturated heterocycles. The Morgan fingerprint density at radius 2 is 2.00 bits per heavy atom. The van der Waals surface area contributed by atoms with Crippen LogP contribution in [0, 0.1) is 0 Å². The first-order chi connectivity index (χ1) is 9.56. The highest BCUT2D eigenvalue weighted by molar-refractivity contribution is 7.91. The molecule has 0 radical (unpaired) electrons. The summed E-state index contributed by atoms with van der Waals surface area (Å²) in [6.07, 6.45) is 5.03. The highest BCUT2D eigenvalue weighted by Crippen LogP contribution is 2.26. The Balaban J connectivity index is 1.97. The second kappa shape index (κ2) is 5.01. The number of pyridine rings is 1. The molecule has 0 amide bonds. The molecule has 0 aliphatic heterocycles. The third kappa shape index (κ3) is 2.47. The van der Waals surface area contributed by atoms with Crippen molar-refractivity contribution in [1.82, 2.24) is 9.38 Å². The van der Waals surface area contributed by atoms with Crippen LogP contribution < -0.4 is 5.56 Å². The van der Waals surface area contributed by atoms with Gasteiger partial charge in [0.25, 0.3) is 5.56 Å². The second-order valence-electron chi connectivity index (χ2n) is 5.23. The lowest BCUT2D eigenvalue weighted by atomic mass is 10.4. The zero-order chi connectivity index (χ0) is 14.2. The molecule has 0 bridgehead atoms. The Bertz CT molecular complexity index is 789. The molecule has 20 heavy (non-hydrogen) atoms. The first kappa shape index (κ1) is 13.3. The van der Waals surface area contributed by atoms with Crippen molar-refractivity contribution in [2.75, 3.05) is 0 Å². The molecule has 1 aliphatic rings. The fourth-order valence-corrected chi connectivity index (χ4v) is 4.60. The largest absolute Gasteiger partial charge is 0.269 e. The van der Waals surface area contributed by atoms with E-state index in [4.69, 9.17) is 0 Å². The van der Waals surface area contributed by atoms with Gasteiger partial charge in [-0.2, -0.15) is 0 Å². The molecule has 0 N–H and O–H groups in total. The molecular weight excluding hydrogens is 276 g/mol. The highest BCUT2D eigenvalue weighted by atomic mass is 32.2. The van der Waals surface area contributed by atoms with Crippen LogP contribution in [0.3, 0.4) is 0 Å². The topological polar surface area (TPSA) is 68.5 Å². The summed E-state index contributed by atoms with van der Waals surface area (Å²) in [5.74, 6) is -0.141. The van der Waals surface area contributed by atoms with Gasteiger partial charge in [-0.05, 0) is 25.0 Å². The van der Waals surface area contributed by atoms with Gasteiger partial charge in [0.05, 0.1) is 16.7 Å². The van der Waals surface area contributed by atoms with Gasteiger partial charge in [0.15, 0.2) is 9.84 Å². The van der Waals surface area contributed by atoms with Crippen molar-refractivity contribution >= 4 is 15.5 Å². The standard InChI is InChI=1S/C14H16N2O3S/c17-14-9-11(15-13-7-3-4-8-16(13)14)10-20(18,19)12-5-1-2-6-12/h3-4,7-9,12H,1-2,5-6,10H2. The molecule has 2 aromatic rings. The van der Waals surface area contributed by atoms with Crippen LogP contribution in [0.1, 0.15) is 31.4 Å². The molecule has 6 heteroatoms. The van der Waals surface area contributed by atoms with Gasteiger partial charge >= 0.3 is 0 Å². The van der Waals surface area contributed by atoms with Crippen molar-refractivity contribution in [2.45, 2.75) is 36.7 Å². The first-order valence-corrected chi connectivity index (χ1v) is 8.47. The molecule has 106 valence electrons. The van der Waals surface area contributed by atoms with E-state index in [9.17, 15) is 13.2 Å². The maximum atomic E-state index is 12.3. The summed E-state index contributed by atoms with van der Waals surface area (Å²) in [5.41, 5.74) is 0.581. The molecule has 0 atom stereocenters. The minimum absolute atomic E-state index is 0.141. The zero-order valence-corrected chi connectivity index (χ0v) is 11.8. The van der Waals surface area contributed by atoms with E-state index in [-0.39, 0.29) is 16.6 Å². The van der Waals surface area contributed by atoms with E-state index < -0.39 is 9.84 Å². The molecule has 1 aliphatic carbocycles. The monoisotopic (exact) mass is 292 g/mol. The summed E-state index contributed by atoms with van der Waals surface area (Å²) in [4.78, 5) is 16.2. The first-order valence-electron chi connectivity index (χ1n) is 6.75. The number of fused-ring (bicyclic) bond motifs is 1. The van der Waals surface area contributed by atoms with Crippen LogP contribution >= 0.6 is 0 Å². The molecule has 2 heterocycles. The van der Waals surface area contributed by atoms with Crippen LogP contribution in [0.5, 0.6) is 0 Å². The fourth-order valence-electron chi connectivity index (χ4n) is 2.75. The minimum Gasteiger partial charge on any atom is -0.269 e. The van der Waals surface area contributed by atoms with Gasteiger partial charge < -0.3 is 0 Å². The number of hydrogen-bond donors (Lipinski definition) is 0. The van der Waals surface area contributed by atoms with Crippen molar-refractivity contribution in [3.8, 4) is 0 Å². The smallest absolute Gasteiger partial charge is 0.258 e. The van der Waals surface area contributed by atoms with Crippen LogP contribution in [0.25, 0.3) is 5.65 Å². The highest BCUT2D eigenvalue weighted by Gasteiger charge is 2.29. The molecule has 0 aromatic carbocycles. The Morgan fingerprint density at radius 3 is 2.75 bits per heavy atom. The van der Waals surface area contributed by atoms with E-state index in [1.54, 1.807) is 24.4 Å². The van der Waals surface area contributed by atoms with Crippen molar-refractivity contribution in [3.05, 3.63) is 46.5 Å². The van der Waals surface area contributed by atoms with Crippen LogP contribution in [0.4, 0.5) is 0 Å². The zero-order valence-electron chi connectivity index (χ0n) is 11.0. The Labute approximate surface area is 117 Å². The van der Waals surface area contributed by atoms with E-state index in [1.165, 1.54) is 10.5 Å². The van der Waals surface area contributed by atoms with Crippen molar-refractivity contribution in [2.24, 2.45) is 0 Å². The van der Waals surface area contributed by atoms with Crippen LogP contribution in [0.15, 0.2) is 35.3 Å². The third-order valence-corrected chi connectivity index (χ3v) is 5.97. The average Bonchev–Trinajstić information content (AvgIpc) is 2.93. The second-order valence-corrected chi connectivity index (χ2v) is 7.51. The Morgan fingerprint density at radius 1 is 1.25 bits per heavy atom. The van der Waals surface area contributed by atoms with Crippen LogP contribution in [-0.2, 0) is 15.6 Å². The number of sulfone groups is 1. The lowest BCUT2D eigenvalue weighted by molar-refractivity contribution is 0.578. The summed E-state index contributed by atoms with van der Waals surface area (Å²) < 4.78 is 26.0. The molecule has 3 rings (SSSR count). The van der Waals surface area contributed by atoms with E-state index in [2.05, 4.69) is 4.98 Å². The predicted octanol–water partition coefficient (Wildman–Crippen LogP) is 1.55. The van der Waals surface area contributed by atoms with E-state index in [0.717, 1.165) is 25.7 Å². The van der Waals surface area contributed by atoms with Crippen molar-refractivity contribution in [3.63, 3.8) is 0 Å². The van der Waals surface area contributed by atoms with Crippen molar-refractivity contribution in [1.29, 1.82) is 0 Å². The number of rotatable bonds is 3. The van der Waals surface area contributed by atoms with Crippen molar-refractivity contribution < 1.29 is 8.42 Å². The van der Waals surface area contributed by atoms with E-state index in [1.807, 2.05) is 0 Å². The van der Waals surface area contributed by atoms with Gasteiger partial charge in [0.1, 0.15) is 5.65 Å². The molecule has 0 spiro atoms. The number of nitrogens with zero attached hydrogens (tertiary/aromatic N) is 2. The number of aromatic nitrogens is 2. The predicted molar refractivity (Wildman–Crippen MR) is 76.3 cm³/mol. The summed E-state index contributed by atoms with van der Waals surface area (Å²) in [6, 6.07) is 6.54. The summed E-state index contributed by atoms with van der Waals surface area (Å²) >= 11 is 0. The van der Waals surface area contributed by atoms with E-state index >= 15 is 0 Å². The van der Waals surface area contributed by atoms with Gasteiger partial charge in [-0.1, -0.05) is 18.9 Å². The average molecular weight is 292 g/mol. The number of hydrogen-bond acceptors (Lipinski definition) is 4. The van der Waals surface area contributed by atoms with Gasteiger partial charge in [-0.15, -0.1) is 0 Å². The van der Waals surface area contributed by atoms with Gasteiger partial charge in [-0.3, -0.25) is 9.20 Å². The molecule has 0 unspecified atom stereocenters. The summed E-state index contributed by atoms with van der Waals surface area (Å²) in [6.45, 7) is 0. The molecule has 1 fully saturated rings. The summed E-state index contributed by atoms with van der Waals surface area (Å²) in [7, 11) is -3.21. The minimum atomic E-state index is -3.21. The molecule has 1 saturated carbocycles. The lowest BCUT2D eigenvalue weighted by Gasteiger charge is -2.10. The molecule has 2 aromatic heterocycles. The Hall–Kier alpha value is -1.69. The normalized spacial score (nSPS) is 16.8. The van der Waals surface area contributed by atoms with Gasteiger partial charge in [0.2, 0.25) is 0 Å². The maximum Gasteiger partial charge on any atom is 0.258 e. The SMILES string of the molecule is O=c1cc(CS(=O)(=O)C2CCCC2)nc2ccccn12. The quantitative estimate of drug-likeness (QED) is 0.860. The lowest BCUT2D eigenvalue weighted by Crippen LogP contribution is -2.22. The Kier molecular flexibility index (Phi) is 3.33. The maximum absolute atomic E-state index is 12.3. The summed E-state index contributed by atoms with van der Waals surface area (Å²) in [5, 5.41) is -0.265.